The largest absolute Gasteiger partial charge is 0.481 e. The van der Waals surface area contributed by atoms with Gasteiger partial charge in [-0.05, 0) is 12.0 Å². The first-order chi connectivity index (χ1) is 7.11. The number of hydrogen-bond acceptors (Lipinski definition) is 3. The molecule has 0 unspecified atom stereocenters. The number of ether oxygens (including phenoxy) is 1. The molecule has 1 heterocycles. The van der Waals surface area contributed by atoms with E-state index in [0.29, 0.717) is 24.6 Å². The monoisotopic (exact) mass is 207 g/mol. The van der Waals surface area contributed by atoms with Crippen LogP contribution in [0, 0.1) is 5.92 Å². The number of methoxy groups -OCH3 is 1. The summed E-state index contributed by atoms with van der Waals surface area (Å²) >= 11 is 0. The second kappa shape index (κ2) is 5.49. The van der Waals surface area contributed by atoms with Crippen LogP contribution in [0.2, 0.25) is 0 Å². The van der Waals surface area contributed by atoms with E-state index >= 15 is 0 Å². The Morgan fingerprint density at radius 2 is 2.20 bits per heavy atom. The molecule has 0 aliphatic rings. The Bertz CT molecular complexity index is 334. The molecule has 15 heavy (non-hydrogen) atoms. The van der Waals surface area contributed by atoms with Crippen LogP contribution in [0.4, 0.5) is 0 Å². The number of pyridine rings is 1. The highest BCUT2D eigenvalue weighted by atomic mass is 16.5. The quantitative estimate of drug-likeness (QED) is 0.743. The molecule has 0 bridgehead atoms. The SMILES string of the molecule is COc1cccc(CC(=O)CC(C)C)n1. The summed E-state index contributed by atoms with van der Waals surface area (Å²) in [4.78, 5) is 15.7. The summed E-state index contributed by atoms with van der Waals surface area (Å²) < 4.78 is 5.00. The van der Waals surface area contributed by atoms with Crippen LogP contribution < -0.4 is 4.74 Å². The van der Waals surface area contributed by atoms with Gasteiger partial charge in [0, 0.05) is 18.9 Å². The molecule has 0 aliphatic carbocycles. The van der Waals surface area contributed by atoms with Gasteiger partial charge in [0.15, 0.2) is 0 Å². The maximum Gasteiger partial charge on any atom is 0.213 e. The molecule has 0 aromatic carbocycles. The molecule has 3 nitrogen and oxygen atoms in total. The Hall–Kier alpha value is -1.38. The first-order valence-electron chi connectivity index (χ1n) is 5.13. The Balaban J connectivity index is 2.60. The van der Waals surface area contributed by atoms with Gasteiger partial charge in [0.1, 0.15) is 5.78 Å². The fourth-order valence-electron chi connectivity index (χ4n) is 1.40. The van der Waals surface area contributed by atoms with Crippen LogP contribution in [0.5, 0.6) is 5.88 Å². The van der Waals surface area contributed by atoms with Crippen LogP contribution in [0.15, 0.2) is 18.2 Å². The second-order valence-corrected chi connectivity index (χ2v) is 3.98. The molecule has 0 atom stereocenters. The van der Waals surface area contributed by atoms with Crippen molar-refractivity contribution in [2.24, 2.45) is 5.92 Å². The van der Waals surface area contributed by atoms with Gasteiger partial charge in [-0.15, -0.1) is 0 Å². The zero-order valence-corrected chi connectivity index (χ0v) is 9.49. The molecule has 0 N–H and O–H groups in total. The Morgan fingerprint density at radius 3 is 2.80 bits per heavy atom. The predicted molar refractivity (Wildman–Crippen MR) is 59.0 cm³/mol. The Kier molecular flexibility index (Phi) is 4.28. The van der Waals surface area contributed by atoms with Gasteiger partial charge in [0.25, 0.3) is 0 Å². The minimum absolute atomic E-state index is 0.228. The zero-order valence-electron chi connectivity index (χ0n) is 9.49. The lowest BCUT2D eigenvalue weighted by Crippen LogP contribution is -2.07. The van der Waals surface area contributed by atoms with Crippen LogP contribution >= 0.6 is 0 Å². The number of aromatic nitrogens is 1. The van der Waals surface area contributed by atoms with Crippen molar-refractivity contribution in [1.29, 1.82) is 0 Å². The molecule has 82 valence electrons. The standard InChI is InChI=1S/C12H17NO2/c1-9(2)7-11(14)8-10-5-4-6-12(13-10)15-3/h4-6,9H,7-8H2,1-3H3. The highest BCUT2D eigenvalue weighted by Gasteiger charge is 2.07. The van der Waals surface area contributed by atoms with Crippen molar-refractivity contribution in [3.05, 3.63) is 23.9 Å². The van der Waals surface area contributed by atoms with Crippen molar-refractivity contribution in [2.45, 2.75) is 26.7 Å². The summed E-state index contributed by atoms with van der Waals surface area (Å²) in [5, 5.41) is 0. The van der Waals surface area contributed by atoms with Crippen molar-refractivity contribution in [1.82, 2.24) is 4.98 Å². The summed E-state index contributed by atoms with van der Waals surface area (Å²) in [6, 6.07) is 5.47. The van der Waals surface area contributed by atoms with Crippen molar-refractivity contribution in [3.8, 4) is 5.88 Å². The maximum absolute atomic E-state index is 11.5. The molecular formula is C12H17NO2. The lowest BCUT2D eigenvalue weighted by atomic mass is 10.0. The van der Waals surface area contributed by atoms with E-state index in [-0.39, 0.29) is 5.78 Å². The van der Waals surface area contributed by atoms with Gasteiger partial charge in [0.2, 0.25) is 5.88 Å². The molecule has 0 aliphatic heterocycles. The third-order valence-corrected chi connectivity index (χ3v) is 2.00. The molecule has 1 rings (SSSR count). The lowest BCUT2D eigenvalue weighted by molar-refractivity contribution is -0.119. The fourth-order valence-corrected chi connectivity index (χ4v) is 1.40. The molecular weight excluding hydrogens is 190 g/mol. The Labute approximate surface area is 90.5 Å². The molecule has 0 saturated heterocycles. The molecule has 1 aromatic rings. The van der Waals surface area contributed by atoms with E-state index in [1.807, 2.05) is 26.0 Å². The summed E-state index contributed by atoms with van der Waals surface area (Å²) in [7, 11) is 1.57. The fraction of sp³-hybridized carbons (Fsp3) is 0.500. The highest BCUT2D eigenvalue weighted by molar-refractivity contribution is 5.80. The maximum atomic E-state index is 11.5. The number of carbonyl (C=O) groups excluding carboxylic acids is 1. The topological polar surface area (TPSA) is 39.2 Å². The first-order valence-corrected chi connectivity index (χ1v) is 5.13. The molecule has 0 amide bonds. The average Bonchev–Trinajstić information content (AvgIpc) is 2.16. The zero-order chi connectivity index (χ0) is 11.3. The van der Waals surface area contributed by atoms with Crippen LogP contribution in [0.3, 0.4) is 0 Å². The van der Waals surface area contributed by atoms with E-state index in [9.17, 15) is 4.79 Å². The first kappa shape index (κ1) is 11.7. The van der Waals surface area contributed by atoms with E-state index in [2.05, 4.69) is 4.98 Å². The van der Waals surface area contributed by atoms with Gasteiger partial charge in [-0.1, -0.05) is 19.9 Å². The average molecular weight is 207 g/mol. The van der Waals surface area contributed by atoms with Crippen molar-refractivity contribution >= 4 is 5.78 Å². The van der Waals surface area contributed by atoms with Crippen molar-refractivity contribution in [2.75, 3.05) is 7.11 Å². The van der Waals surface area contributed by atoms with E-state index in [0.717, 1.165) is 5.69 Å². The van der Waals surface area contributed by atoms with E-state index < -0.39 is 0 Å². The van der Waals surface area contributed by atoms with Crippen LogP contribution in [-0.4, -0.2) is 17.9 Å². The van der Waals surface area contributed by atoms with Crippen LogP contribution in [-0.2, 0) is 11.2 Å². The third-order valence-electron chi connectivity index (χ3n) is 2.00. The van der Waals surface area contributed by atoms with Gasteiger partial charge in [-0.3, -0.25) is 4.79 Å². The molecule has 0 saturated carbocycles. The van der Waals surface area contributed by atoms with E-state index in [4.69, 9.17) is 4.74 Å². The van der Waals surface area contributed by atoms with Gasteiger partial charge in [-0.2, -0.15) is 0 Å². The Morgan fingerprint density at radius 1 is 1.47 bits per heavy atom. The predicted octanol–water partition coefficient (Wildman–Crippen LogP) is 2.25. The molecule has 1 aromatic heterocycles. The molecule has 0 spiro atoms. The number of ketones is 1. The van der Waals surface area contributed by atoms with Crippen molar-refractivity contribution in [3.63, 3.8) is 0 Å². The number of carbonyl (C=O) groups is 1. The lowest BCUT2D eigenvalue weighted by Gasteiger charge is -2.04. The third kappa shape index (κ3) is 4.11. The minimum atomic E-state index is 0.228. The normalized spacial score (nSPS) is 10.4. The molecule has 3 heteroatoms. The summed E-state index contributed by atoms with van der Waals surface area (Å²) in [5.74, 6) is 1.19. The van der Waals surface area contributed by atoms with Crippen molar-refractivity contribution < 1.29 is 9.53 Å². The summed E-state index contributed by atoms with van der Waals surface area (Å²) in [6.45, 7) is 4.08. The summed E-state index contributed by atoms with van der Waals surface area (Å²) in [5.41, 5.74) is 0.778. The number of rotatable bonds is 5. The number of Topliss-reactive ketones (excluding diaryl/α,β-unsaturated/α-hetero) is 1. The van der Waals surface area contributed by atoms with Gasteiger partial charge >= 0.3 is 0 Å². The van der Waals surface area contributed by atoms with Gasteiger partial charge in [-0.25, -0.2) is 4.98 Å². The molecule has 0 fully saturated rings. The van der Waals surface area contributed by atoms with Gasteiger partial charge < -0.3 is 4.74 Å². The minimum Gasteiger partial charge on any atom is -0.481 e. The van der Waals surface area contributed by atoms with E-state index in [1.54, 1.807) is 13.2 Å². The van der Waals surface area contributed by atoms with E-state index in [1.165, 1.54) is 0 Å². The van der Waals surface area contributed by atoms with Gasteiger partial charge in [0.05, 0.1) is 12.8 Å². The summed E-state index contributed by atoms with van der Waals surface area (Å²) in [6.07, 6.45) is 1.01. The highest BCUT2D eigenvalue weighted by Crippen LogP contribution is 2.09. The molecule has 0 radical (unpaired) electrons. The second-order valence-electron chi connectivity index (χ2n) is 3.98. The number of hydrogen-bond donors (Lipinski definition) is 0. The van der Waals surface area contributed by atoms with Crippen LogP contribution in [0.1, 0.15) is 26.0 Å². The smallest absolute Gasteiger partial charge is 0.213 e. The number of nitrogens with zero attached hydrogens (tertiary/aromatic N) is 1. The van der Waals surface area contributed by atoms with Crippen LogP contribution in [0.25, 0.3) is 0 Å².